The predicted molar refractivity (Wildman–Crippen MR) is 229 cm³/mol. The standard InChI is InChI=1S/C55H36/c1-2-12-34(13-3-1)54-47-18-8-7-17-45(47)52-31-35(27-29-50(52)54)36-26-28-46-43-16-6-9-19-48(43)55(53(46)32-36)49-23-11-21-42-40(20-10-22-44(42)49)39-25-24-38-30-37-14-4-5-15-41(37)51(38)33-39/h1-29,31-33,54-55H,30H2. The second-order valence-corrected chi connectivity index (χ2v) is 15.5. The van der Waals surface area contributed by atoms with Gasteiger partial charge in [0.05, 0.1) is 0 Å². The van der Waals surface area contributed by atoms with E-state index in [9.17, 15) is 0 Å². The zero-order chi connectivity index (χ0) is 36.0. The SMILES string of the molecule is c1ccc(C2c3ccccc3-c3cc(-c4ccc5c(c4)C(c4cccc6c(-c7ccc8c(c7)-c7ccccc7C8)cccc46)c4ccccc4-5)ccc32)cc1. The molecule has 0 radical (unpaired) electrons. The Morgan fingerprint density at radius 3 is 1.71 bits per heavy atom. The summed E-state index contributed by atoms with van der Waals surface area (Å²) in [6, 6.07) is 73.2. The molecule has 3 aliphatic rings. The molecule has 0 saturated heterocycles. The molecule has 0 nitrogen and oxygen atoms in total. The Morgan fingerprint density at radius 1 is 0.273 bits per heavy atom. The molecule has 3 aliphatic carbocycles. The number of hydrogen-bond acceptors (Lipinski definition) is 0. The lowest BCUT2D eigenvalue weighted by Gasteiger charge is -2.19. The van der Waals surface area contributed by atoms with Crippen LogP contribution in [0.2, 0.25) is 0 Å². The molecule has 0 aromatic heterocycles. The quantitative estimate of drug-likeness (QED) is 0.172. The molecule has 0 heteroatoms. The Balaban J connectivity index is 0.989. The summed E-state index contributed by atoms with van der Waals surface area (Å²) >= 11 is 0. The fraction of sp³-hybridized carbons (Fsp3) is 0.0545. The van der Waals surface area contributed by atoms with Gasteiger partial charge in [0.25, 0.3) is 0 Å². The summed E-state index contributed by atoms with van der Waals surface area (Å²) in [5, 5.41) is 2.62. The largest absolute Gasteiger partial charge is 0.0622 e. The van der Waals surface area contributed by atoms with E-state index in [2.05, 4.69) is 194 Å². The van der Waals surface area contributed by atoms with Gasteiger partial charge in [-0.15, -0.1) is 0 Å². The lowest BCUT2D eigenvalue weighted by atomic mass is 9.84. The van der Waals surface area contributed by atoms with Gasteiger partial charge in [-0.1, -0.05) is 176 Å². The third-order valence-electron chi connectivity index (χ3n) is 12.7. The lowest BCUT2D eigenvalue weighted by molar-refractivity contribution is 1.01. The van der Waals surface area contributed by atoms with E-state index >= 15 is 0 Å². The summed E-state index contributed by atoms with van der Waals surface area (Å²) in [6.45, 7) is 0. The van der Waals surface area contributed by atoms with Gasteiger partial charge in [0.2, 0.25) is 0 Å². The van der Waals surface area contributed by atoms with Gasteiger partial charge in [-0.3, -0.25) is 0 Å². The Labute approximate surface area is 322 Å². The average molecular weight is 697 g/mol. The van der Waals surface area contributed by atoms with Crippen LogP contribution in [-0.2, 0) is 6.42 Å². The van der Waals surface area contributed by atoms with E-state index in [1.165, 1.54) is 111 Å². The summed E-state index contributed by atoms with van der Waals surface area (Å²) in [5.41, 5.74) is 24.3. The number of hydrogen-bond donors (Lipinski definition) is 0. The van der Waals surface area contributed by atoms with E-state index in [0.29, 0.717) is 0 Å². The van der Waals surface area contributed by atoms with Crippen LogP contribution in [0, 0.1) is 0 Å². The zero-order valence-corrected chi connectivity index (χ0v) is 30.3. The molecule has 0 aliphatic heterocycles. The maximum Gasteiger partial charge on any atom is 0.0358 e. The highest BCUT2D eigenvalue weighted by Crippen LogP contribution is 2.53. The van der Waals surface area contributed by atoms with Gasteiger partial charge >= 0.3 is 0 Å². The first kappa shape index (κ1) is 30.7. The Hall–Kier alpha value is -6.76. The van der Waals surface area contributed by atoms with Gasteiger partial charge < -0.3 is 0 Å². The molecule has 55 heavy (non-hydrogen) atoms. The number of benzene rings is 9. The third kappa shape index (κ3) is 4.58. The molecule has 0 fully saturated rings. The van der Waals surface area contributed by atoms with Crippen molar-refractivity contribution in [2.75, 3.05) is 0 Å². The highest BCUT2D eigenvalue weighted by Gasteiger charge is 2.33. The lowest BCUT2D eigenvalue weighted by Crippen LogP contribution is -2.01. The van der Waals surface area contributed by atoms with Gasteiger partial charge in [-0.05, 0) is 136 Å². The third-order valence-corrected chi connectivity index (χ3v) is 12.7. The van der Waals surface area contributed by atoms with E-state index in [4.69, 9.17) is 0 Å². The van der Waals surface area contributed by atoms with Gasteiger partial charge in [0.15, 0.2) is 0 Å². The molecule has 0 saturated carbocycles. The minimum Gasteiger partial charge on any atom is -0.0622 e. The van der Waals surface area contributed by atoms with E-state index < -0.39 is 0 Å². The minimum absolute atomic E-state index is 0.134. The van der Waals surface area contributed by atoms with Crippen LogP contribution in [0.25, 0.3) is 66.4 Å². The summed E-state index contributed by atoms with van der Waals surface area (Å²) in [4.78, 5) is 0. The summed E-state index contributed by atoms with van der Waals surface area (Å²) in [5.74, 6) is 0.388. The van der Waals surface area contributed by atoms with Crippen LogP contribution in [0.5, 0.6) is 0 Å². The molecule has 9 aromatic carbocycles. The molecule has 0 heterocycles. The summed E-state index contributed by atoms with van der Waals surface area (Å²) in [6.07, 6.45) is 1.01. The molecule has 256 valence electrons. The first-order chi connectivity index (χ1) is 27.3. The van der Waals surface area contributed by atoms with Crippen molar-refractivity contribution in [1.82, 2.24) is 0 Å². The number of rotatable bonds is 4. The highest BCUT2D eigenvalue weighted by atomic mass is 14.4. The van der Waals surface area contributed by atoms with Crippen molar-refractivity contribution in [2.24, 2.45) is 0 Å². The van der Waals surface area contributed by atoms with Crippen LogP contribution < -0.4 is 0 Å². The van der Waals surface area contributed by atoms with Crippen LogP contribution >= 0.6 is 0 Å². The molecule has 0 bridgehead atoms. The average Bonchev–Trinajstić information content (AvgIpc) is 3.90. The fourth-order valence-electron chi connectivity index (χ4n) is 10.2. The minimum atomic E-state index is 0.134. The van der Waals surface area contributed by atoms with Crippen molar-refractivity contribution in [2.45, 2.75) is 18.3 Å². The topological polar surface area (TPSA) is 0 Å². The van der Waals surface area contributed by atoms with Crippen LogP contribution in [0.15, 0.2) is 194 Å². The maximum atomic E-state index is 2.48. The van der Waals surface area contributed by atoms with Crippen molar-refractivity contribution in [3.8, 4) is 55.6 Å². The molecule has 9 aromatic rings. The molecule has 2 unspecified atom stereocenters. The molecular weight excluding hydrogens is 661 g/mol. The summed E-state index contributed by atoms with van der Waals surface area (Å²) < 4.78 is 0. The van der Waals surface area contributed by atoms with Crippen LogP contribution in [-0.4, -0.2) is 0 Å². The van der Waals surface area contributed by atoms with Crippen molar-refractivity contribution >= 4 is 10.8 Å². The molecule has 2 atom stereocenters. The second kappa shape index (κ2) is 11.9. The van der Waals surface area contributed by atoms with Crippen molar-refractivity contribution in [3.05, 3.63) is 239 Å². The summed E-state index contributed by atoms with van der Waals surface area (Å²) in [7, 11) is 0. The first-order valence-electron chi connectivity index (χ1n) is 19.5. The van der Waals surface area contributed by atoms with Gasteiger partial charge in [0.1, 0.15) is 0 Å². The van der Waals surface area contributed by atoms with Crippen molar-refractivity contribution < 1.29 is 0 Å². The van der Waals surface area contributed by atoms with Crippen LogP contribution in [0.3, 0.4) is 0 Å². The maximum absolute atomic E-state index is 2.48. The van der Waals surface area contributed by atoms with E-state index in [1.54, 1.807) is 0 Å². The van der Waals surface area contributed by atoms with Crippen LogP contribution in [0.1, 0.15) is 56.3 Å². The monoisotopic (exact) mass is 696 g/mol. The van der Waals surface area contributed by atoms with Crippen molar-refractivity contribution in [3.63, 3.8) is 0 Å². The Morgan fingerprint density at radius 2 is 0.836 bits per heavy atom. The van der Waals surface area contributed by atoms with E-state index in [0.717, 1.165) is 6.42 Å². The smallest absolute Gasteiger partial charge is 0.0358 e. The van der Waals surface area contributed by atoms with E-state index in [1.807, 2.05) is 0 Å². The fourth-order valence-corrected chi connectivity index (χ4v) is 10.2. The van der Waals surface area contributed by atoms with Gasteiger partial charge in [-0.2, -0.15) is 0 Å². The Kier molecular flexibility index (Phi) is 6.62. The molecule has 12 rings (SSSR count). The molecule has 0 amide bonds. The van der Waals surface area contributed by atoms with Crippen molar-refractivity contribution in [1.29, 1.82) is 0 Å². The van der Waals surface area contributed by atoms with E-state index in [-0.39, 0.29) is 11.8 Å². The molecule has 0 N–H and O–H groups in total. The van der Waals surface area contributed by atoms with Gasteiger partial charge in [-0.25, -0.2) is 0 Å². The second-order valence-electron chi connectivity index (χ2n) is 15.5. The normalized spacial score (nSPS) is 15.6. The predicted octanol–water partition coefficient (Wildman–Crippen LogP) is 14.1. The zero-order valence-electron chi connectivity index (χ0n) is 30.3. The van der Waals surface area contributed by atoms with Gasteiger partial charge in [0, 0.05) is 11.8 Å². The highest BCUT2D eigenvalue weighted by molar-refractivity contribution is 6.01. The first-order valence-corrected chi connectivity index (χ1v) is 19.5. The van der Waals surface area contributed by atoms with Crippen LogP contribution in [0.4, 0.5) is 0 Å². The molecular formula is C55H36. The molecule has 0 spiro atoms. The number of fused-ring (bicyclic) bond motifs is 10. The Bertz CT molecular complexity index is 3020.